The van der Waals surface area contributed by atoms with E-state index in [0.717, 1.165) is 62.6 Å². The van der Waals surface area contributed by atoms with Gasteiger partial charge in [-0.3, -0.25) is 24.7 Å². The number of benzene rings is 3. The summed E-state index contributed by atoms with van der Waals surface area (Å²) in [5, 5.41) is 16.7. The highest BCUT2D eigenvalue weighted by molar-refractivity contribution is 7.90. The fraction of sp³-hybridized carbons (Fsp3) is 0.527. The number of sulfonamides is 1. The number of morpholine rings is 1. The van der Waals surface area contributed by atoms with E-state index in [4.69, 9.17) is 23.9 Å². The first kappa shape index (κ1) is 47.7. The fourth-order valence-corrected chi connectivity index (χ4v) is 14.8. The summed E-state index contributed by atoms with van der Waals surface area (Å²) in [5.74, 6) is -0.0614. The average molecular weight is 1030 g/mol. The van der Waals surface area contributed by atoms with Crippen molar-refractivity contribution in [2.24, 2.45) is 11.3 Å². The number of carbonyl (C=O) groups is 1. The predicted octanol–water partition coefficient (Wildman–Crippen LogP) is 7.88. The first-order valence-corrected chi connectivity index (χ1v) is 28.2. The molecule has 13 rings (SSSR count). The van der Waals surface area contributed by atoms with Gasteiger partial charge in [-0.2, -0.15) is 4.98 Å². The van der Waals surface area contributed by atoms with Gasteiger partial charge in [-0.05, 0) is 104 Å². The number of amides is 1. The van der Waals surface area contributed by atoms with Crippen molar-refractivity contribution in [2.75, 3.05) is 80.8 Å². The smallest absolute Gasteiger partial charge is 0.297 e. The maximum atomic E-state index is 14.8. The number of hydrogen-bond donors (Lipinski definition) is 3. The zero-order chi connectivity index (χ0) is 50.5. The number of pyridine rings is 1. The van der Waals surface area contributed by atoms with Crippen LogP contribution in [0.4, 0.5) is 28.4 Å². The molecule has 6 atom stereocenters. The first-order chi connectivity index (χ1) is 35.8. The maximum absolute atomic E-state index is 14.8. The van der Waals surface area contributed by atoms with E-state index in [2.05, 4.69) is 67.8 Å². The number of piperidine rings is 1. The Morgan fingerprint density at radius 2 is 1.82 bits per heavy atom. The number of aromatic nitrogens is 2. The molecule has 3 N–H and O–H groups in total. The molecule has 2 bridgehead atoms. The van der Waals surface area contributed by atoms with Gasteiger partial charge >= 0.3 is 0 Å². The molecule has 5 aromatic rings. The molecule has 74 heavy (non-hydrogen) atoms. The molecule has 1 amide bonds. The van der Waals surface area contributed by atoms with Crippen LogP contribution < -0.4 is 29.3 Å². The summed E-state index contributed by atoms with van der Waals surface area (Å²) < 4.78 is 55.7. The van der Waals surface area contributed by atoms with E-state index >= 15 is 0 Å². The molecule has 0 unspecified atom stereocenters. The number of aromatic amines is 1. The van der Waals surface area contributed by atoms with E-state index in [-0.39, 0.29) is 53.2 Å². The minimum Gasteiger partial charge on any atom is -0.489 e. The lowest BCUT2D eigenvalue weighted by atomic mass is 9.59. The van der Waals surface area contributed by atoms with Gasteiger partial charge in [-0.15, -0.1) is 0 Å². The van der Waals surface area contributed by atoms with E-state index in [0.29, 0.717) is 86.3 Å². The Bertz CT molecular complexity index is 3120. The van der Waals surface area contributed by atoms with Gasteiger partial charge in [0, 0.05) is 92.6 Å². The number of H-pyrrole nitrogens is 1. The number of hydrogen-bond acceptors (Lipinski definition) is 15. The molecular formula is C55H65N9O9S. The Morgan fingerprint density at radius 1 is 0.973 bits per heavy atom. The molecule has 3 aromatic carbocycles. The lowest BCUT2D eigenvalue weighted by Gasteiger charge is -2.56. The Balaban J connectivity index is 0.785. The van der Waals surface area contributed by atoms with Crippen LogP contribution in [-0.2, 0) is 19.5 Å². The van der Waals surface area contributed by atoms with Gasteiger partial charge in [0.05, 0.1) is 53.0 Å². The van der Waals surface area contributed by atoms with Gasteiger partial charge in [0.15, 0.2) is 11.4 Å². The third-order valence-electron chi connectivity index (χ3n) is 17.7. The molecule has 8 aliphatic rings. The van der Waals surface area contributed by atoms with Crippen molar-refractivity contribution < 1.29 is 37.1 Å². The van der Waals surface area contributed by atoms with Crippen LogP contribution in [0, 0.1) is 21.4 Å². The molecular weight excluding hydrogens is 963 g/mol. The topological polar surface area (TPSA) is 197 Å². The molecule has 7 aliphatic heterocycles. The van der Waals surface area contributed by atoms with Gasteiger partial charge in [-0.25, -0.2) is 13.1 Å². The minimum absolute atomic E-state index is 0.0296. The summed E-state index contributed by atoms with van der Waals surface area (Å²) in [6.07, 6.45) is 10.4. The van der Waals surface area contributed by atoms with Crippen LogP contribution in [0.25, 0.3) is 11.0 Å². The largest absolute Gasteiger partial charge is 0.489 e. The van der Waals surface area contributed by atoms with Gasteiger partial charge in [0.2, 0.25) is 5.88 Å². The van der Waals surface area contributed by atoms with E-state index < -0.39 is 31.4 Å². The summed E-state index contributed by atoms with van der Waals surface area (Å²) >= 11 is 0. The summed E-state index contributed by atoms with van der Waals surface area (Å²) in [4.78, 5) is 44.0. The SMILES string of the molecule is CC(C)c1ccccc1[C@@H]1CCCN1C1CC2(CCN(c3ccc(C(=O)NS(=O)(=O)c4cc5c(c([N+](=O)[O-])c4)N[C@@H](CN4C[C@H]6C[C@@H]4CO6)CO5)c(N4C[C@H]5COCC[C@H]5Oc5nc6[nH]ccc6cc54)c3)CC2)C1. The lowest BCUT2D eigenvalue weighted by Crippen LogP contribution is -2.55. The van der Waals surface area contributed by atoms with Crippen molar-refractivity contribution in [2.45, 2.75) is 112 Å². The zero-order valence-corrected chi connectivity index (χ0v) is 42.9. The Labute approximate surface area is 431 Å². The van der Waals surface area contributed by atoms with Crippen LogP contribution in [0.5, 0.6) is 11.6 Å². The number of anilines is 4. The molecule has 1 saturated carbocycles. The Morgan fingerprint density at radius 3 is 2.62 bits per heavy atom. The lowest BCUT2D eigenvalue weighted by molar-refractivity contribution is -0.384. The normalized spacial score (nSPS) is 26.7. The third-order valence-corrected chi connectivity index (χ3v) is 19.0. The van der Waals surface area contributed by atoms with Crippen LogP contribution in [0.3, 0.4) is 0 Å². The number of nitro benzene ring substituents is 1. The molecule has 2 aromatic heterocycles. The van der Waals surface area contributed by atoms with Crippen molar-refractivity contribution in [3.63, 3.8) is 0 Å². The molecule has 9 heterocycles. The number of nitrogens with one attached hydrogen (secondary N) is 3. The highest BCUT2D eigenvalue weighted by Gasteiger charge is 2.50. The predicted molar refractivity (Wildman–Crippen MR) is 279 cm³/mol. The number of ether oxygens (including phenoxy) is 4. The highest BCUT2D eigenvalue weighted by atomic mass is 32.2. The second-order valence-electron chi connectivity index (χ2n) is 22.5. The van der Waals surface area contributed by atoms with Crippen molar-refractivity contribution in [3.8, 4) is 11.6 Å². The maximum Gasteiger partial charge on any atom is 0.297 e. The summed E-state index contributed by atoms with van der Waals surface area (Å²) in [6, 6.07) is 21.9. The number of nitrogens with zero attached hydrogens (tertiary/aromatic N) is 6. The monoisotopic (exact) mass is 1030 g/mol. The molecule has 0 radical (unpaired) electrons. The van der Waals surface area contributed by atoms with Crippen LogP contribution in [0.2, 0.25) is 0 Å². The van der Waals surface area contributed by atoms with Crippen LogP contribution >= 0.6 is 0 Å². The summed E-state index contributed by atoms with van der Waals surface area (Å²) in [7, 11) is -4.69. The number of nitro groups is 1. The van der Waals surface area contributed by atoms with Crippen LogP contribution in [-0.4, -0.2) is 135 Å². The number of rotatable bonds is 11. The molecule has 19 heteroatoms. The first-order valence-electron chi connectivity index (χ1n) is 26.7. The molecule has 6 fully saturated rings. The summed E-state index contributed by atoms with van der Waals surface area (Å²) in [6.45, 7) is 11.0. The Hall–Kier alpha value is -5.99. The number of likely N-dealkylation sites (tertiary alicyclic amines) is 2. The minimum atomic E-state index is -4.69. The van der Waals surface area contributed by atoms with Crippen LogP contribution in [0.15, 0.2) is 77.8 Å². The van der Waals surface area contributed by atoms with E-state index in [9.17, 15) is 23.3 Å². The zero-order valence-electron chi connectivity index (χ0n) is 42.0. The second kappa shape index (κ2) is 18.7. The summed E-state index contributed by atoms with van der Waals surface area (Å²) in [5.41, 5.74) is 5.72. The third kappa shape index (κ3) is 8.61. The molecule has 5 saturated heterocycles. The van der Waals surface area contributed by atoms with Crippen molar-refractivity contribution in [1.29, 1.82) is 0 Å². The van der Waals surface area contributed by atoms with Crippen molar-refractivity contribution in [1.82, 2.24) is 24.5 Å². The highest BCUT2D eigenvalue weighted by Crippen LogP contribution is 2.55. The van der Waals surface area contributed by atoms with Crippen molar-refractivity contribution in [3.05, 3.63) is 99.7 Å². The quantitative estimate of drug-likeness (QED) is 0.0853. The van der Waals surface area contributed by atoms with Crippen LogP contribution in [0.1, 0.15) is 98.7 Å². The van der Waals surface area contributed by atoms with Gasteiger partial charge < -0.3 is 39.0 Å². The Kier molecular flexibility index (Phi) is 12.0. The standard InChI is InChI=1S/C55H65N9O9S/c1-33(2)42-6-3-4-7-43(42)45-8-5-16-62(45)39-25-55(26-39)13-17-60(18-14-55)37-9-10-44(46(22-37)63-27-35-30-70-19-12-49(35)73-54-48(63)20-34-11-15-56-52(34)58-54)53(65)59-74(68,69)41-23-47(64(66)67)51-50(24-41)72-31-36(57-51)28-61-29-40-21-38(61)32-71-40/h3-4,6-7,9-11,15,20,22-24,33,35-36,38-40,45,49,57H,5,8,12-14,16-19,21,25-32H2,1-2H3,(H,56,58)(H,59,65)/t35-,36-,38+,40+,45-,49+/m0/s1. The van der Waals surface area contributed by atoms with Gasteiger partial charge in [-0.1, -0.05) is 38.1 Å². The van der Waals surface area contributed by atoms with E-state index in [1.165, 1.54) is 42.9 Å². The van der Waals surface area contributed by atoms with Crippen molar-refractivity contribution >= 4 is 55.4 Å². The van der Waals surface area contributed by atoms with Gasteiger partial charge in [0.1, 0.15) is 24.0 Å². The second-order valence-corrected chi connectivity index (χ2v) is 24.2. The molecule has 1 spiro atoms. The van der Waals surface area contributed by atoms with Gasteiger partial charge in [0.25, 0.3) is 21.6 Å². The molecule has 390 valence electrons. The number of fused-ring (bicyclic) bond motifs is 6. The fourth-order valence-electron chi connectivity index (χ4n) is 13.8. The average Bonchev–Trinajstić information content (AvgIpc) is 4.23. The van der Waals surface area contributed by atoms with E-state index in [1.54, 1.807) is 6.07 Å². The molecule has 1 aliphatic carbocycles. The number of carbonyl (C=O) groups excluding carboxylic acids is 1. The molecule has 18 nitrogen and oxygen atoms in total. The van der Waals surface area contributed by atoms with E-state index in [1.807, 2.05) is 35.4 Å².